The van der Waals surface area contributed by atoms with Crippen molar-refractivity contribution < 1.29 is 9.53 Å². The third-order valence-corrected chi connectivity index (χ3v) is 3.85. The fourth-order valence-corrected chi connectivity index (χ4v) is 2.54. The highest BCUT2D eigenvalue weighted by Crippen LogP contribution is 2.23. The zero-order chi connectivity index (χ0) is 14.5. The van der Waals surface area contributed by atoms with Crippen LogP contribution in [0.4, 0.5) is 11.4 Å². The summed E-state index contributed by atoms with van der Waals surface area (Å²) in [4.78, 5) is 12.0. The number of nitrogens with two attached hydrogens (primary N) is 1. The third kappa shape index (κ3) is 3.97. The Labute approximate surface area is 120 Å². The zero-order valence-electron chi connectivity index (χ0n) is 12.4. The molecule has 0 aromatic heterocycles. The summed E-state index contributed by atoms with van der Waals surface area (Å²) in [5, 5.41) is 2.94. The zero-order valence-corrected chi connectivity index (χ0v) is 12.4. The Kier molecular flexibility index (Phi) is 5.01. The highest BCUT2D eigenvalue weighted by Gasteiger charge is 2.15. The van der Waals surface area contributed by atoms with Gasteiger partial charge in [-0.3, -0.25) is 4.79 Å². The summed E-state index contributed by atoms with van der Waals surface area (Å²) >= 11 is 0. The monoisotopic (exact) mass is 276 g/mol. The summed E-state index contributed by atoms with van der Waals surface area (Å²) in [5.74, 6) is 0.0329. The van der Waals surface area contributed by atoms with Crippen molar-refractivity contribution in [3.8, 4) is 0 Å². The minimum Gasteiger partial charge on any atom is -0.398 e. The highest BCUT2D eigenvalue weighted by molar-refractivity contribution is 5.92. The number of anilines is 2. The van der Waals surface area contributed by atoms with Crippen molar-refractivity contribution in [1.82, 2.24) is 0 Å². The van der Waals surface area contributed by atoms with Gasteiger partial charge in [0, 0.05) is 24.4 Å². The lowest BCUT2D eigenvalue weighted by atomic mass is 10.0. The smallest absolute Gasteiger partial charge is 0.224 e. The molecule has 3 N–H and O–H groups in total. The first-order valence-electron chi connectivity index (χ1n) is 7.34. The number of benzene rings is 1. The topological polar surface area (TPSA) is 64.3 Å². The van der Waals surface area contributed by atoms with E-state index < -0.39 is 0 Å². The van der Waals surface area contributed by atoms with Gasteiger partial charge in [0.05, 0.1) is 6.10 Å². The molecule has 1 aliphatic heterocycles. The Morgan fingerprint density at radius 1 is 1.35 bits per heavy atom. The van der Waals surface area contributed by atoms with Gasteiger partial charge in [-0.1, -0.05) is 6.07 Å². The number of carbonyl (C=O) groups is 1. The highest BCUT2D eigenvalue weighted by atomic mass is 16.5. The number of nitrogens with one attached hydrogen (secondary N) is 1. The molecule has 110 valence electrons. The van der Waals surface area contributed by atoms with Crippen LogP contribution in [0.2, 0.25) is 0 Å². The maximum Gasteiger partial charge on any atom is 0.224 e. The first kappa shape index (κ1) is 14.9. The van der Waals surface area contributed by atoms with Gasteiger partial charge in [-0.15, -0.1) is 0 Å². The van der Waals surface area contributed by atoms with Crippen LogP contribution in [0, 0.1) is 13.8 Å². The first-order chi connectivity index (χ1) is 9.56. The van der Waals surface area contributed by atoms with Crippen LogP contribution in [-0.4, -0.2) is 18.6 Å². The van der Waals surface area contributed by atoms with E-state index in [2.05, 4.69) is 5.32 Å². The number of amides is 1. The lowest BCUT2D eigenvalue weighted by molar-refractivity contribution is -0.117. The average molecular weight is 276 g/mol. The van der Waals surface area contributed by atoms with Crippen molar-refractivity contribution in [3.63, 3.8) is 0 Å². The number of nitrogen functional groups attached to an aromatic ring is 1. The molecule has 0 saturated carbocycles. The maximum atomic E-state index is 12.0. The normalized spacial score (nSPS) is 18.8. The molecule has 1 unspecified atom stereocenters. The Hall–Kier alpha value is -1.55. The molecule has 0 radical (unpaired) electrons. The van der Waals surface area contributed by atoms with Crippen molar-refractivity contribution in [2.45, 2.75) is 52.1 Å². The fraction of sp³-hybridized carbons (Fsp3) is 0.562. The van der Waals surface area contributed by atoms with Crippen molar-refractivity contribution in [2.75, 3.05) is 17.7 Å². The standard InChI is InChI=1S/C16H24N2O2/c1-11-9-12(2)15(10-14(11)17)18-16(19)7-6-13-5-3-4-8-20-13/h9-10,13H,3-8,17H2,1-2H3,(H,18,19). The first-order valence-corrected chi connectivity index (χ1v) is 7.34. The second kappa shape index (κ2) is 6.75. The molecule has 4 heteroatoms. The summed E-state index contributed by atoms with van der Waals surface area (Å²) < 4.78 is 5.64. The molecule has 20 heavy (non-hydrogen) atoms. The van der Waals surface area contributed by atoms with E-state index in [1.54, 1.807) is 0 Å². The number of hydrogen-bond donors (Lipinski definition) is 2. The minimum atomic E-state index is 0.0329. The van der Waals surface area contributed by atoms with Gasteiger partial charge < -0.3 is 15.8 Å². The van der Waals surface area contributed by atoms with Crippen LogP contribution in [0.1, 0.15) is 43.2 Å². The van der Waals surface area contributed by atoms with E-state index in [-0.39, 0.29) is 12.0 Å². The molecule has 1 amide bonds. The number of carbonyl (C=O) groups excluding carboxylic acids is 1. The maximum absolute atomic E-state index is 12.0. The molecule has 1 atom stereocenters. The third-order valence-electron chi connectivity index (χ3n) is 3.85. The van der Waals surface area contributed by atoms with E-state index in [4.69, 9.17) is 10.5 Å². The molecule has 1 aromatic carbocycles. The summed E-state index contributed by atoms with van der Waals surface area (Å²) in [6, 6.07) is 3.83. The molecule has 1 heterocycles. The van der Waals surface area contributed by atoms with E-state index in [1.165, 1.54) is 6.42 Å². The molecule has 1 saturated heterocycles. The molecule has 0 aliphatic carbocycles. The van der Waals surface area contributed by atoms with E-state index in [9.17, 15) is 4.79 Å². The molecule has 1 aromatic rings. The van der Waals surface area contributed by atoms with Crippen LogP contribution in [-0.2, 0) is 9.53 Å². The molecular weight excluding hydrogens is 252 g/mol. The fourth-order valence-electron chi connectivity index (χ4n) is 2.54. The Morgan fingerprint density at radius 3 is 2.85 bits per heavy atom. The van der Waals surface area contributed by atoms with Gasteiger partial charge in [0.15, 0.2) is 0 Å². The Morgan fingerprint density at radius 2 is 2.15 bits per heavy atom. The van der Waals surface area contributed by atoms with Crippen LogP contribution in [0.5, 0.6) is 0 Å². The molecule has 4 nitrogen and oxygen atoms in total. The number of aryl methyl sites for hydroxylation is 2. The Balaban J connectivity index is 1.86. The number of rotatable bonds is 4. The summed E-state index contributed by atoms with van der Waals surface area (Å²) in [6.07, 6.45) is 4.97. The second-order valence-electron chi connectivity index (χ2n) is 5.60. The summed E-state index contributed by atoms with van der Waals surface area (Å²) in [5.41, 5.74) is 9.48. The second-order valence-corrected chi connectivity index (χ2v) is 5.60. The molecule has 1 aliphatic rings. The van der Waals surface area contributed by atoms with E-state index in [0.717, 1.165) is 42.7 Å². The van der Waals surface area contributed by atoms with Crippen molar-refractivity contribution in [2.24, 2.45) is 0 Å². The van der Waals surface area contributed by atoms with Gasteiger partial charge in [0.2, 0.25) is 5.91 Å². The summed E-state index contributed by atoms with van der Waals surface area (Å²) in [6.45, 7) is 4.78. The predicted molar refractivity (Wildman–Crippen MR) is 81.8 cm³/mol. The minimum absolute atomic E-state index is 0.0329. The van der Waals surface area contributed by atoms with E-state index in [1.807, 2.05) is 26.0 Å². The van der Waals surface area contributed by atoms with Crippen LogP contribution in [0.3, 0.4) is 0 Å². The van der Waals surface area contributed by atoms with Crippen molar-refractivity contribution in [1.29, 1.82) is 0 Å². The van der Waals surface area contributed by atoms with E-state index >= 15 is 0 Å². The summed E-state index contributed by atoms with van der Waals surface area (Å²) in [7, 11) is 0. The van der Waals surface area contributed by atoms with Crippen LogP contribution in [0.15, 0.2) is 12.1 Å². The molecule has 1 fully saturated rings. The lowest BCUT2D eigenvalue weighted by Crippen LogP contribution is -2.22. The molecule has 0 bridgehead atoms. The van der Waals surface area contributed by atoms with Crippen LogP contribution < -0.4 is 11.1 Å². The quantitative estimate of drug-likeness (QED) is 0.830. The van der Waals surface area contributed by atoms with Gasteiger partial charge in [-0.05, 0) is 56.7 Å². The van der Waals surface area contributed by atoms with E-state index in [0.29, 0.717) is 12.1 Å². The average Bonchev–Trinajstić information content (AvgIpc) is 2.44. The lowest BCUT2D eigenvalue weighted by Gasteiger charge is -2.22. The Bertz CT molecular complexity index is 480. The number of hydrogen-bond acceptors (Lipinski definition) is 3. The molecule has 2 rings (SSSR count). The molecular formula is C16H24N2O2. The van der Waals surface area contributed by atoms with Crippen LogP contribution in [0.25, 0.3) is 0 Å². The van der Waals surface area contributed by atoms with Crippen molar-refractivity contribution >= 4 is 17.3 Å². The predicted octanol–water partition coefficient (Wildman–Crippen LogP) is 3.17. The SMILES string of the molecule is Cc1cc(C)c(NC(=O)CCC2CCCCO2)cc1N. The van der Waals surface area contributed by atoms with Crippen LogP contribution >= 0.6 is 0 Å². The number of ether oxygens (including phenoxy) is 1. The largest absolute Gasteiger partial charge is 0.398 e. The van der Waals surface area contributed by atoms with Gasteiger partial charge in [-0.25, -0.2) is 0 Å². The molecule has 0 spiro atoms. The van der Waals surface area contributed by atoms with Gasteiger partial charge >= 0.3 is 0 Å². The van der Waals surface area contributed by atoms with Gasteiger partial charge in [0.25, 0.3) is 0 Å². The van der Waals surface area contributed by atoms with Gasteiger partial charge in [-0.2, -0.15) is 0 Å². The van der Waals surface area contributed by atoms with Crippen molar-refractivity contribution in [3.05, 3.63) is 23.3 Å². The van der Waals surface area contributed by atoms with Gasteiger partial charge in [0.1, 0.15) is 0 Å².